The molecule has 2 saturated heterocycles. The molecule has 22 heavy (non-hydrogen) atoms. The average molecular weight is 324 g/mol. The van der Waals surface area contributed by atoms with Crippen LogP contribution in [0.5, 0.6) is 0 Å². The molecule has 2 amide bonds. The molecule has 1 aromatic rings. The van der Waals surface area contributed by atoms with Crippen molar-refractivity contribution >= 4 is 29.9 Å². The Morgan fingerprint density at radius 2 is 1.73 bits per heavy atom. The van der Waals surface area contributed by atoms with Gasteiger partial charge in [0.05, 0.1) is 0 Å². The largest absolute Gasteiger partial charge is 0.339 e. The summed E-state index contributed by atoms with van der Waals surface area (Å²) in [4.78, 5) is 27.8. The molecule has 0 saturated carbocycles. The molecule has 0 aromatic heterocycles. The van der Waals surface area contributed by atoms with Crippen LogP contribution in [0.15, 0.2) is 24.3 Å². The lowest BCUT2D eigenvalue weighted by atomic mass is 10.0. The highest BCUT2D eigenvalue weighted by Gasteiger charge is 2.23. The number of halogens is 1. The zero-order valence-corrected chi connectivity index (χ0v) is 13.3. The molecule has 1 aromatic carbocycles. The molecular formula is C16H22ClN3O2. The second kappa shape index (κ2) is 7.11. The maximum absolute atomic E-state index is 12.4. The van der Waals surface area contributed by atoms with Crippen LogP contribution in [0.4, 0.5) is 5.69 Å². The van der Waals surface area contributed by atoms with Gasteiger partial charge in [0.25, 0.3) is 5.91 Å². The van der Waals surface area contributed by atoms with E-state index in [0.717, 1.165) is 44.6 Å². The van der Waals surface area contributed by atoms with E-state index in [1.165, 1.54) is 0 Å². The summed E-state index contributed by atoms with van der Waals surface area (Å²) in [6, 6.07) is 7.59. The van der Waals surface area contributed by atoms with Gasteiger partial charge in [0.1, 0.15) is 0 Å². The van der Waals surface area contributed by atoms with Gasteiger partial charge in [0.15, 0.2) is 0 Å². The molecule has 0 spiro atoms. The number of rotatable bonds is 2. The first kappa shape index (κ1) is 16.8. The topological polar surface area (TPSA) is 66.6 Å². The van der Waals surface area contributed by atoms with Crippen molar-refractivity contribution < 1.29 is 9.59 Å². The van der Waals surface area contributed by atoms with Crippen LogP contribution in [-0.4, -0.2) is 42.4 Å². The van der Waals surface area contributed by atoms with Gasteiger partial charge in [-0.25, -0.2) is 0 Å². The Kier molecular flexibility index (Phi) is 5.42. The molecule has 2 aliphatic heterocycles. The van der Waals surface area contributed by atoms with Crippen LogP contribution in [0.1, 0.15) is 36.0 Å². The van der Waals surface area contributed by atoms with E-state index < -0.39 is 0 Å². The molecule has 120 valence electrons. The van der Waals surface area contributed by atoms with Gasteiger partial charge in [0, 0.05) is 43.3 Å². The van der Waals surface area contributed by atoms with Crippen molar-refractivity contribution in [3.05, 3.63) is 29.8 Å². The van der Waals surface area contributed by atoms with Crippen molar-refractivity contribution in [3.8, 4) is 0 Å². The fraction of sp³-hybridized carbons (Fsp3) is 0.500. The van der Waals surface area contributed by atoms with Gasteiger partial charge in [-0.15, -0.1) is 12.4 Å². The number of piperidine rings is 1. The molecule has 5 nitrogen and oxygen atoms in total. The van der Waals surface area contributed by atoms with E-state index in [2.05, 4.69) is 0 Å². The molecule has 0 atom stereocenters. The third-order valence-corrected chi connectivity index (χ3v) is 4.33. The third-order valence-electron chi connectivity index (χ3n) is 4.33. The Labute approximate surface area is 136 Å². The predicted molar refractivity (Wildman–Crippen MR) is 88.4 cm³/mol. The van der Waals surface area contributed by atoms with Gasteiger partial charge < -0.3 is 15.5 Å². The van der Waals surface area contributed by atoms with E-state index >= 15 is 0 Å². The van der Waals surface area contributed by atoms with Crippen LogP contribution in [0, 0.1) is 0 Å². The van der Waals surface area contributed by atoms with Crippen molar-refractivity contribution in [2.45, 2.75) is 31.7 Å². The molecule has 2 N–H and O–H groups in total. The number of carbonyl (C=O) groups excluding carboxylic acids is 2. The first-order valence-electron chi connectivity index (χ1n) is 7.60. The molecule has 0 radical (unpaired) electrons. The third kappa shape index (κ3) is 3.42. The monoisotopic (exact) mass is 323 g/mol. The van der Waals surface area contributed by atoms with Gasteiger partial charge in [-0.05, 0) is 43.5 Å². The van der Waals surface area contributed by atoms with Gasteiger partial charge in [-0.1, -0.05) is 0 Å². The number of nitrogens with zero attached hydrogens (tertiary/aromatic N) is 2. The molecule has 0 aliphatic carbocycles. The Morgan fingerprint density at radius 1 is 1.09 bits per heavy atom. The van der Waals surface area contributed by atoms with Crippen LogP contribution in [0.25, 0.3) is 0 Å². The summed E-state index contributed by atoms with van der Waals surface area (Å²) in [6.45, 7) is 2.23. The lowest BCUT2D eigenvalue weighted by molar-refractivity contribution is -0.117. The number of nitrogens with two attached hydrogens (primary N) is 1. The van der Waals surface area contributed by atoms with E-state index in [9.17, 15) is 9.59 Å². The standard InChI is InChI=1S/C16H21N3O2.ClH/c17-13-7-10-18(11-8-13)16(21)12-3-5-14(6-4-12)19-9-1-2-15(19)20;/h3-6,13H,1-2,7-11,17H2;1H. The van der Waals surface area contributed by atoms with Crippen molar-refractivity contribution in [1.29, 1.82) is 0 Å². The molecule has 2 aliphatic rings. The fourth-order valence-corrected chi connectivity index (χ4v) is 2.99. The zero-order valence-electron chi connectivity index (χ0n) is 12.5. The number of carbonyl (C=O) groups is 2. The number of hydrogen-bond donors (Lipinski definition) is 1. The number of amides is 2. The lowest BCUT2D eigenvalue weighted by Crippen LogP contribution is -2.42. The van der Waals surface area contributed by atoms with Crippen molar-refractivity contribution in [1.82, 2.24) is 4.90 Å². The highest BCUT2D eigenvalue weighted by Crippen LogP contribution is 2.22. The quantitative estimate of drug-likeness (QED) is 0.902. The molecule has 6 heteroatoms. The molecule has 2 fully saturated rings. The summed E-state index contributed by atoms with van der Waals surface area (Å²) in [7, 11) is 0. The fourth-order valence-electron chi connectivity index (χ4n) is 2.99. The summed E-state index contributed by atoms with van der Waals surface area (Å²) < 4.78 is 0. The normalized spacial score (nSPS) is 19.2. The van der Waals surface area contributed by atoms with Crippen molar-refractivity contribution in [2.24, 2.45) is 5.73 Å². The first-order valence-corrected chi connectivity index (χ1v) is 7.60. The summed E-state index contributed by atoms with van der Waals surface area (Å²) in [6.07, 6.45) is 3.26. The molecular weight excluding hydrogens is 302 g/mol. The zero-order chi connectivity index (χ0) is 14.8. The molecule has 0 unspecified atom stereocenters. The van der Waals surface area contributed by atoms with Gasteiger partial charge in [-0.2, -0.15) is 0 Å². The Hall–Kier alpha value is -1.59. The van der Waals surface area contributed by atoms with Gasteiger partial charge >= 0.3 is 0 Å². The minimum Gasteiger partial charge on any atom is -0.339 e. The SMILES string of the molecule is Cl.NC1CCN(C(=O)c2ccc(N3CCCC3=O)cc2)CC1. The minimum atomic E-state index is 0. The summed E-state index contributed by atoms with van der Waals surface area (Å²) in [5, 5.41) is 0. The molecule has 2 heterocycles. The van der Waals surface area contributed by atoms with E-state index in [-0.39, 0.29) is 30.3 Å². The Morgan fingerprint density at radius 3 is 2.27 bits per heavy atom. The number of likely N-dealkylation sites (tertiary alicyclic amines) is 1. The van der Waals surface area contributed by atoms with E-state index in [1.54, 1.807) is 4.90 Å². The van der Waals surface area contributed by atoms with E-state index in [4.69, 9.17) is 5.73 Å². The highest BCUT2D eigenvalue weighted by atomic mass is 35.5. The average Bonchev–Trinajstić information content (AvgIpc) is 2.94. The van der Waals surface area contributed by atoms with Crippen molar-refractivity contribution in [3.63, 3.8) is 0 Å². The van der Waals surface area contributed by atoms with Crippen molar-refractivity contribution in [2.75, 3.05) is 24.5 Å². The number of hydrogen-bond acceptors (Lipinski definition) is 3. The Balaban J connectivity index is 0.00000176. The van der Waals surface area contributed by atoms with E-state index in [1.807, 2.05) is 29.2 Å². The summed E-state index contributed by atoms with van der Waals surface area (Å²) in [5.41, 5.74) is 7.43. The maximum Gasteiger partial charge on any atom is 0.253 e. The number of benzene rings is 1. The van der Waals surface area contributed by atoms with Crippen LogP contribution < -0.4 is 10.6 Å². The van der Waals surface area contributed by atoms with E-state index in [0.29, 0.717) is 12.0 Å². The number of anilines is 1. The van der Waals surface area contributed by atoms with Crippen LogP contribution in [0.3, 0.4) is 0 Å². The second-order valence-corrected chi connectivity index (χ2v) is 5.83. The smallest absolute Gasteiger partial charge is 0.253 e. The maximum atomic E-state index is 12.4. The first-order chi connectivity index (χ1) is 10.1. The van der Waals surface area contributed by atoms with Crippen LogP contribution >= 0.6 is 12.4 Å². The Bertz CT molecular complexity index is 539. The van der Waals surface area contributed by atoms with Crippen LogP contribution in [-0.2, 0) is 4.79 Å². The van der Waals surface area contributed by atoms with Crippen LogP contribution in [0.2, 0.25) is 0 Å². The second-order valence-electron chi connectivity index (χ2n) is 5.83. The lowest BCUT2D eigenvalue weighted by Gasteiger charge is -2.30. The van der Waals surface area contributed by atoms with Gasteiger partial charge in [0.2, 0.25) is 5.91 Å². The van der Waals surface area contributed by atoms with Gasteiger partial charge in [-0.3, -0.25) is 9.59 Å². The predicted octanol–water partition coefficient (Wildman–Crippen LogP) is 1.80. The minimum absolute atomic E-state index is 0. The highest BCUT2D eigenvalue weighted by molar-refractivity contribution is 5.97. The molecule has 3 rings (SSSR count). The molecule has 0 bridgehead atoms. The summed E-state index contributed by atoms with van der Waals surface area (Å²) >= 11 is 0. The summed E-state index contributed by atoms with van der Waals surface area (Å²) in [5.74, 6) is 0.222.